The lowest BCUT2D eigenvalue weighted by molar-refractivity contribution is -0.133. The summed E-state index contributed by atoms with van der Waals surface area (Å²) >= 11 is 0.538. The zero-order valence-corrected chi connectivity index (χ0v) is 18.8. The SMILES string of the molecule is CC1(c2ccc3ccccc3c2)NC(=O)N(CC(=O)Nc2ccccc2SCC(F)(F)F)C1=O. The van der Waals surface area contributed by atoms with Crippen LogP contribution in [0.1, 0.15) is 12.5 Å². The Kier molecular flexibility index (Phi) is 6.26. The Morgan fingerprint density at radius 1 is 1.03 bits per heavy atom. The van der Waals surface area contributed by atoms with E-state index in [1.54, 1.807) is 25.1 Å². The van der Waals surface area contributed by atoms with Crippen molar-refractivity contribution < 1.29 is 27.6 Å². The Balaban J connectivity index is 1.49. The highest BCUT2D eigenvalue weighted by molar-refractivity contribution is 7.99. The lowest BCUT2D eigenvalue weighted by atomic mass is 9.90. The maximum atomic E-state index is 13.2. The largest absolute Gasteiger partial charge is 0.398 e. The van der Waals surface area contributed by atoms with E-state index < -0.39 is 41.9 Å². The summed E-state index contributed by atoms with van der Waals surface area (Å²) in [6, 6.07) is 18.3. The van der Waals surface area contributed by atoms with Gasteiger partial charge in [0.15, 0.2) is 0 Å². The molecule has 1 aliphatic heterocycles. The molecule has 1 aliphatic rings. The van der Waals surface area contributed by atoms with Gasteiger partial charge in [-0.05, 0) is 41.5 Å². The van der Waals surface area contributed by atoms with Crippen molar-refractivity contribution in [2.45, 2.75) is 23.5 Å². The molecule has 3 aromatic rings. The van der Waals surface area contributed by atoms with E-state index in [1.165, 1.54) is 12.1 Å². The number of hydrogen-bond acceptors (Lipinski definition) is 4. The topological polar surface area (TPSA) is 78.5 Å². The number of carbonyl (C=O) groups is 3. The third-order valence-electron chi connectivity index (χ3n) is 5.46. The third kappa shape index (κ3) is 4.86. The smallest absolute Gasteiger partial charge is 0.324 e. The van der Waals surface area contributed by atoms with Crippen LogP contribution in [0.5, 0.6) is 0 Å². The van der Waals surface area contributed by atoms with Gasteiger partial charge in [0.2, 0.25) is 5.91 Å². The van der Waals surface area contributed by atoms with Gasteiger partial charge in [-0.2, -0.15) is 13.2 Å². The van der Waals surface area contributed by atoms with Gasteiger partial charge in [0.25, 0.3) is 5.91 Å². The van der Waals surface area contributed by atoms with Crippen LogP contribution >= 0.6 is 11.8 Å². The summed E-state index contributed by atoms with van der Waals surface area (Å²) < 4.78 is 37.8. The Labute approximate surface area is 197 Å². The van der Waals surface area contributed by atoms with E-state index in [2.05, 4.69) is 10.6 Å². The minimum Gasteiger partial charge on any atom is -0.324 e. The Morgan fingerprint density at radius 3 is 2.44 bits per heavy atom. The summed E-state index contributed by atoms with van der Waals surface area (Å²) in [6.45, 7) is 0.991. The minimum absolute atomic E-state index is 0.172. The van der Waals surface area contributed by atoms with E-state index in [4.69, 9.17) is 0 Å². The summed E-state index contributed by atoms with van der Waals surface area (Å²) in [5.74, 6) is -2.41. The first-order valence-electron chi connectivity index (χ1n) is 10.3. The number of para-hydroxylation sites is 1. The Bertz CT molecular complexity index is 1280. The average molecular weight is 488 g/mol. The van der Waals surface area contributed by atoms with Crippen LogP contribution in [0.15, 0.2) is 71.6 Å². The van der Waals surface area contributed by atoms with Crippen LogP contribution < -0.4 is 10.6 Å². The minimum atomic E-state index is -4.37. The number of nitrogens with one attached hydrogen (secondary N) is 2. The molecular weight excluding hydrogens is 467 g/mol. The van der Waals surface area contributed by atoms with Crippen molar-refractivity contribution in [1.82, 2.24) is 10.2 Å². The molecule has 1 atom stereocenters. The molecule has 0 saturated carbocycles. The molecule has 1 fully saturated rings. The van der Waals surface area contributed by atoms with E-state index in [9.17, 15) is 27.6 Å². The second-order valence-electron chi connectivity index (χ2n) is 7.96. The van der Waals surface area contributed by atoms with Gasteiger partial charge in [-0.25, -0.2) is 4.79 Å². The second-order valence-corrected chi connectivity index (χ2v) is 8.97. The summed E-state index contributed by atoms with van der Waals surface area (Å²) in [5.41, 5.74) is -0.616. The number of halogens is 3. The highest BCUT2D eigenvalue weighted by Gasteiger charge is 2.49. The molecule has 1 heterocycles. The predicted octanol–water partition coefficient (Wildman–Crippen LogP) is 4.90. The first-order chi connectivity index (χ1) is 16.1. The Hall–Kier alpha value is -3.53. The van der Waals surface area contributed by atoms with E-state index >= 15 is 0 Å². The molecule has 0 radical (unpaired) electrons. The van der Waals surface area contributed by atoms with Crippen LogP contribution in [-0.4, -0.2) is 41.2 Å². The van der Waals surface area contributed by atoms with Gasteiger partial charge in [-0.1, -0.05) is 48.5 Å². The number of hydrogen-bond donors (Lipinski definition) is 2. The van der Waals surface area contributed by atoms with Gasteiger partial charge in [-0.3, -0.25) is 14.5 Å². The number of anilines is 1. The number of thioether (sulfide) groups is 1. The van der Waals surface area contributed by atoms with Gasteiger partial charge in [0, 0.05) is 4.90 Å². The molecule has 176 valence electrons. The molecule has 6 nitrogen and oxygen atoms in total. The van der Waals surface area contributed by atoms with Crippen molar-refractivity contribution in [3.8, 4) is 0 Å². The third-order valence-corrected chi connectivity index (χ3v) is 6.59. The number of benzene rings is 3. The van der Waals surface area contributed by atoms with Crippen LogP contribution in [0.3, 0.4) is 0 Å². The van der Waals surface area contributed by atoms with Gasteiger partial charge >= 0.3 is 12.2 Å². The molecule has 0 aliphatic carbocycles. The molecule has 1 saturated heterocycles. The lowest BCUT2D eigenvalue weighted by Gasteiger charge is -2.22. The number of alkyl halides is 3. The van der Waals surface area contributed by atoms with Crippen molar-refractivity contribution in [3.05, 3.63) is 72.3 Å². The molecule has 3 aromatic carbocycles. The van der Waals surface area contributed by atoms with Gasteiger partial charge in [0.05, 0.1) is 11.4 Å². The van der Waals surface area contributed by atoms with Gasteiger partial charge in [-0.15, -0.1) is 11.8 Å². The highest BCUT2D eigenvalue weighted by Crippen LogP contribution is 2.33. The molecule has 10 heteroatoms. The van der Waals surface area contributed by atoms with Gasteiger partial charge in [0.1, 0.15) is 12.1 Å². The van der Waals surface area contributed by atoms with Crippen molar-refractivity contribution in [2.24, 2.45) is 0 Å². The molecule has 0 aromatic heterocycles. The standard InChI is InChI=1S/C24H20F3N3O3S/c1-23(17-11-10-15-6-2-3-7-16(15)12-17)21(32)30(22(33)29-23)13-20(31)28-18-8-4-5-9-19(18)34-14-24(25,26)27/h2-12H,13-14H2,1H3,(H,28,31)(H,29,33). The molecule has 4 rings (SSSR count). The first-order valence-corrected chi connectivity index (χ1v) is 11.3. The molecule has 0 spiro atoms. The van der Waals surface area contributed by atoms with E-state index in [1.807, 2.05) is 36.4 Å². The normalized spacial score (nSPS) is 18.3. The molecule has 4 amide bonds. The van der Waals surface area contributed by atoms with Crippen LogP contribution in [0.2, 0.25) is 0 Å². The molecule has 2 N–H and O–H groups in total. The van der Waals surface area contributed by atoms with Gasteiger partial charge < -0.3 is 10.6 Å². The van der Waals surface area contributed by atoms with Crippen molar-refractivity contribution in [3.63, 3.8) is 0 Å². The van der Waals surface area contributed by atoms with Crippen LogP contribution in [-0.2, 0) is 15.1 Å². The second kappa shape index (κ2) is 9.02. The lowest BCUT2D eigenvalue weighted by Crippen LogP contribution is -2.42. The number of nitrogens with zero attached hydrogens (tertiary/aromatic N) is 1. The molecule has 34 heavy (non-hydrogen) atoms. The summed E-state index contributed by atoms with van der Waals surface area (Å²) in [5, 5.41) is 7.03. The summed E-state index contributed by atoms with van der Waals surface area (Å²) in [4.78, 5) is 39.4. The van der Waals surface area contributed by atoms with Crippen LogP contribution in [0.25, 0.3) is 10.8 Å². The van der Waals surface area contributed by atoms with E-state index in [-0.39, 0.29) is 10.6 Å². The predicted molar refractivity (Wildman–Crippen MR) is 123 cm³/mol. The number of imide groups is 1. The van der Waals surface area contributed by atoms with Crippen LogP contribution in [0.4, 0.5) is 23.7 Å². The molecule has 0 bridgehead atoms. The Morgan fingerprint density at radius 2 is 1.71 bits per heavy atom. The quantitative estimate of drug-likeness (QED) is 0.383. The highest BCUT2D eigenvalue weighted by atomic mass is 32.2. The summed E-state index contributed by atoms with van der Waals surface area (Å²) in [6.07, 6.45) is -4.37. The molecule has 1 unspecified atom stereocenters. The number of amides is 4. The monoisotopic (exact) mass is 487 g/mol. The molecular formula is C24H20F3N3O3S. The first kappa shape index (κ1) is 23.6. The van der Waals surface area contributed by atoms with Crippen molar-refractivity contribution in [1.29, 1.82) is 0 Å². The average Bonchev–Trinajstić information content (AvgIpc) is 3.01. The van der Waals surface area contributed by atoms with Crippen molar-refractivity contribution in [2.75, 3.05) is 17.6 Å². The van der Waals surface area contributed by atoms with Crippen LogP contribution in [0, 0.1) is 0 Å². The van der Waals surface area contributed by atoms with E-state index in [0.29, 0.717) is 17.3 Å². The maximum absolute atomic E-state index is 13.2. The fourth-order valence-corrected chi connectivity index (χ4v) is 4.49. The summed E-state index contributed by atoms with van der Waals surface area (Å²) in [7, 11) is 0. The van der Waals surface area contributed by atoms with E-state index in [0.717, 1.165) is 15.7 Å². The number of urea groups is 1. The number of rotatable bonds is 6. The zero-order chi connectivity index (χ0) is 24.5. The zero-order valence-electron chi connectivity index (χ0n) is 18.0. The fraction of sp³-hybridized carbons (Fsp3) is 0.208. The number of fused-ring (bicyclic) bond motifs is 1. The maximum Gasteiger partial charge on any atom is 0.398 e. The fourth-order valence-electron chi connectivity index (χ4n) is 3.73. The van der Waals surface area contributed by atoms with Crippen molar-refractivity contribution >= 4 is 46.1 Å². The number of carbonyl (C=O) groups excluding carboxylic acids is 3.